The molecular weight excluding hydrogens is 494 g/mol. The van der Waals surface area contributed by atoms with Crippen molar-refractivity contribution in [3.8, 4) is 5.75 Å². The quantitative estimate of drug-likeness (QED) is 0.394. The van der Waals surface area contributed by atoms with E-state index in [-0.39, 0.29) is 11.8 Å². The zero-order valence-corrected chi connectivity index (χ0v) is 21.9. The van der Waals surface area contributed by atoms with Crippen LogP contribution in [0.3, 0.4) is 0 Å². The fourth-order valence-electron chi connectivity index (χ4n) is 5.30. The number of H-pyrrole nitrogens is 1. The van der Waals surface area contributed by atoms with Crippen LogP contribution in [0.2, 0.25) is 0 Å². The molecule has 2 aliphatic heterocycles. The van der Waals surface area contributed by atoms with Crippen molar-refractivity contribution in [3.63, 3.8) is 0 Å². The Morgan fingerprint density at radius 2 is 1.85 bits per heavy atom. The maximum absolute atomic E-state index is 13.6. The molecule has 1 fully saturated rings. The predicted octanol–water partition coefficient (Wildman–Crippen LogP) is 4.64. The molecule has 200 valence electrons. The molecule has 2 aliphatic rings. The Bertz CT molecular complexity index is 1530. The first kappa shape index (κ1) is 24.9. The average Bonchev–Trinajstić information content (AvgIpc) is 3.31. The number of nitrogens with zero attached hydrogens (tertiary/aromatic N) is 3. The van der Waals surface area contributed by atoms with Crippen LogP contribution in [0.1, 0.15) is 39.1 Å². The van der Waals surface area contributed by atoms with Crippen LogP contribution in [-0.4, -0.2) is 61.7 Å². The number of nitrogens with one attached hydrogen (secondary N) is 2. The molecule has 0 saturated carbocycles. The molecule has 3 aromatic carbocycles. The summed E-state index contributed by atoms with van der Waals surface area (Å²) >= 11 is 0. The van der Waals surface area contributed by atoms with Gasteiger partial charge >= 0.3 is 0 Å². The summed E-state index contributed by atoms with van der Waals surface area (Å²) in [5.74, 6) is 0.649. The Morgan fingerprint density at radius 3 is 2.69 bits per heavy atom. The predicted molar refractivity (Wildman–Crippen MR) is 151 cm³/mol. The summed E-state index contributed by atoms with van der Waals surface area (Å²) in [5, 5.41) is 2.99. The number of anilines is 3. The number of hydrogen-bond donors (Lipinski definition) is 2. The number of carbonyl (C=O) groups is 2. The van der Waals surface area contributed by atoms with Gasteiger partial charge in [0.05, 0.1) is 37.1 Å². The minimum Gasteiger partial charge on any atom is -0.496 e. The zero-order chi connectivity index (χ0) is 26.8. The SMILES string of the molecule is COc1cc(C(=O)N2CCCCc3ccccc32)ccc1C(=O)Nc1cccc2[nH]c(N3CCOCC3)nc12. The van der Waals surface area contributed by atoms with E-state index in [0.717, 1.165) is 49.5 Å². The number of carbonyl (C=O) groups excluding carboxylic acids is 2. The molecule has 0 spiro atoms. The monoisotopic (exact) mass is 525 g/mol. The fourth-order valence-corrected chi connectivity index (χ4v) is 5.30. The number of hydrogen-bond acceptors (Lipinski definition) is 6. The Kier molecular flexibility index (Phi) is 6.89. The number of aromatic nitrogens is 2. The topological polar surface area (TPSA) is 99.8 Å². The van der Waals surface area contributed by atoms with E-state index in [1.807, 2.05) is 41.3 Å². The van der Waals surface area contributed by atoms with Gasteiger partial charge in [-0.1, -0.05) is 24.3 Å². The number of aryl methyl sites for hydroxylation is 1. The van der Waals surface area contributed by atoms with E-state index in [1.54, 1.807) is 18.2 Å². The first-order valence-electron chi connectivity index (χ1n) is 13.3. The van der Waals surface area contributed by atoms with Gasteiger partial charge in [-0.15, -0.1) is 0 Å². The Hall–Kier alpha value is -4.37. The van der Waals surface area contributed by atoms with E-state index in [1.165, 1.54) is 12.7 Å². The third-order valence-electron chi connectivity index (χ3n) is 7.36. The molecule has 0 aliphatic carbocycles. The molecule has 0 radical (unpaired) electrons. The highest BCUT2D eigenvalue weighted by molar-refractivity contribution is 6.11. The molecule has 39 heavy (non-hydrogen) atoms. The second-order valence-electron chi connectivity index (χ2n) is 9.77. The number of rotatable bonds is 5. The summed E-state index contributed by atoms with van der Waals surface area (Å²) in [7, 11) is 1.50. The maximum Gasteiger partial charge on any atom is 0.259 e. The molecule has 0 bridgehead atoms. The van der Waals surface area contributed by atoms with Gasteiger partial charge in [0.25, 0.3) is 11.8 Å². The van der Waals surface area contributed by atoms with E-state index in [2.05, 4.69) is 21.3 Å². The molecule has 9 nitrogen and oxygen atoms in total. The van der Waals surface area contributed by atoms with Gasteiger partial charge in [-0.25, -0.2) is 4.98 Å². The number of aromatic amines is 1. The number of imidazole rings is 1. The van der Waals surface area contributed by atoms with Crippen LogP contribution in [0.5, 0.6) is 5.75 Å². The standard InChI is InChI=1S/C30H31N5O4/c1-38-26-19-21(29(37)35-14-5-4-8-20-7-2-3-11-25(20)35)12-13-22(26)28(36)31-23-9-6-10-24-27(23)33-30(32-24)34-15-17-39-18-16-34/h2-3,6-7,9-13,19H,4-5,8,14-18H2,1H3,(H,31,36)(H,32,33). The zero-order valence-electron chi connectivity index (χ0n) is 21.9. The van der Waals surface area contributed by atoms with Crippen LogP contribution in [0.15, 0.2) is 60.7 Å². The highest BCUT2D eigenvalue weighted by Crippen LogP contribution is 2.30. The fraction of sp³-hybridized carbons (Fsp3) is 0.300. The van der Waals surface area contributed by atoms with Crippen molar-refractivity contribution < 1.29 is 19.1 Å². The summed E-state index contributed by atoms with van der Waals surface area (Å²) < 4.78 is 11.0. The number of benzene rings is 3. The van der Waals surface area contributed by atoms with Gasteiger partial charge in [0.15, 0.2) is 0 Å². The van der Waals surface area contributed by atoms with Gasteiger partial charge in [0.2, 0.25) is 5.95 Å². The van der Waals surface area contributed by atoms with Crippen molar-refractivity contribution in [1.29, 1.82) is 0 Å². The van der Waals surface area contributed by atoms with Gasteiger partial charge < -0.3 is 29.6 Å². The van der Waals surface area contributed by atoms with Crippen molar-refractivity contribution in [3.05, 3.63) is 77.4 Å². The van der Waals surface area contributed by atoms with E-state index < -0.39 is 0 Å². The molecule has 9 heteroatoms. The average molecular weight is 526 g/mol. The van der Waals surface area contributed by atoms with Crippen LogP contribution >= 0.6 is 0 Å². The minimum absolute atomic E-state index is 0.105. The highest BCUT2D eigenvalue weighted by atomic mass is 16.5. The molecular formula is C30H31N5O4. The number of morpholine rings is 1. The molecule has 1 aromatic heterocycles. The molecule has 3 heterocycles. The lowest BCUT2D eigenvalue weighted by molar-refractivity contribution is 0.0982. The summed E-state index contributed by atoms with van der Waals surface area (Å²) in [5.41, 5.74) is 5.05. The van der Waals surface area contributed by atoms with Gasteiger partial charge in [0, 0.05) is 30.9 Å². The molecule has 6 rings (SSSR count). The number of methoxy groups -OCH3 is 1. The molecule has 0 unspecified atom stereocenters. The van der Waals surface area contributed by atoms with Gasteiger partial charge in [-0.3, -0.25) is 9.59 Å². The molecule has 0 atom stereocenters. The lowest BCUT2D eigenvalue weighted by Crippen LogP contribution is -2.36. The number of fused-ring (bicyclic) bond motifs is 2. The number of para-hydroxylation sites is 2. The van der Waals surface area contributed by atoms with Gasteiger partial charge in [-0.05, 0) is 61.2 Å². The second-order valence-corrected chi connectivity index (χ2v) is 9.77. The van der Waals surface area contributed by atoms with Crippen molar-refractivity contribution in [2.75, 3.05) is 55.1 Å². The second kappa shape index (κ2) is 10.8. The summed E-state index contributed by atoms with van der Waals surface area (Å²) in [6, 6.07) is 18.7. The Labute approximate surface area is 226 Å². The summed E-state index contributed by atoms with van der Waals surface area (Å²) in [4.78, 5) is 39.0. The maximum atomic E-state index is 13.6. The van der Waals surface area contributed by atoms with Crippen molar-refractivity contribution in [1.82, 2.24) is 9.97 Å². The van der Waals surface area contributed by atoms with Gasteiger partial charge in [0.1, 0.15) is 11.3 Å². The van der Waals surface area contributed by atoms with Crippen LogP contribution < -0.4 is 19.9 Å². The lowest BCUT2D eigenvalue weighted by Gasteiger charge is -2.26. The van der Waals surface area contributed by atoms with E-state index in [9.17, 15) is 9.59 Å². The molecule has 4 aromatic rings. The third-order valence-corrected chi connectivity index (χ3v) is 7.36. The molecule has 2 amide bonds. The third kappa shape index (κ3) is 4.93. The van der Waals surface area contributed by atoms with Crippen molar-refractivity contribution in [2.24, 2.45) is 0 Å². The Morgan fingerprint density at radius 1 is 1.00 bits per heavy atom. The first-order valence-corrected chi connectivity index (χ1v) is 13.3. The van der Waals surface area contributed by atoms with Crippen molar-refractivity contribution >= 4 is 40.2 Å². The summed E-state index contributed by atoms with van der Waals surface area (Å²) in [6.07, 6.45) is 2.93. The first-order chi connectivity index (χ1) is 19.1. The number of ether oxygens (including phenoxy) is 2. The van der Waals surface area contributed by atoms with Gasteiger partial charge in [-0.2, -0.15) is 0 Å². The van der Waals surface area contributed by atoms with Crippen molar-refractivity contribution in [2.45, 2.75) is 19.3 Å². The number of amides is 2. The van der Waals surface area contributed by atoms with E-state index in [4.69, 9.17) is 14.5 Å². The largest absolute Gasteiger partial charge is 0.496 e. The van der Waals surface area contributed by atoms with E-state index in [0.29, 0.717) is 47.8 Å². The lowest BCUT2D eigenvalue weighted by atomic mass is 10.1. The molecule has 1 saturated heterocycles. The Balaban J connectivity index is 1.25. The minimum atomic E-state index is -0.339. The van der Waals surface area contributed by atoms with Crippen LogP contribution in [0, 0.1) is 0 Å². The smallest absolute Gasteiger partial charge is 0.259 e. The van der Waals surface area contributed by atoms with Crippen LogP contribution in [0.4, 0.5) is 17.3 Å². The van der Waals surface area contributed by atoms with E-state index >= 15 is 0 Å². The summed E-state index contributed by atoms with van der Waals surface area (Å²) in [6.45, 7) is 3.48. The van der Waals surface area contributed by atoms with Crippen LogP contribution in [0.25, 0.3) is 11.0 Å². The highest BCUT2D eigenvalue weighted by Gasteiger charge is 2.24. The van der Waals surface area contributed by atoms with Crippen LogP contribution in [-0.2, 0) is 11.2 Å². The molecule has 2 N–H and O–H groups in total. The normalized spacial score (nSPS) is 15.5.